The minimum absolute atomic E-state index is 0.138. The third kappa shape index (κ3) is 6.86. The fraction of sp³-hybridized carbons (Fsp3) is 0.333. The first-order valence-corrected chi connectivity index (χ1v) is 9.65. The van der Waals surface area contributed by atoms with Crippen LogP contribution in [0.25, 0.3) is 11.1 Å². The summed E-state index contributed by atoms with van der Waals surface area (Å²) >= 11 is 0. The molecule has 0 bridgehead atoms. The summed E-state index contributed by atoms with van der Waals surface area (Å²) in [5, 5.41) is 0. The average Bonchev–Trinajstić information content (AvgIpc) is 2.68. The van der Waals surface area contributed by atoms with Crippen molar-refractivity contribution in [1.82, 2.24) is 0 Å². The van der Waals surface area contributed by atoms with E-state index >= 15 is 0 Å². The summed E-state index contributed by atoms with van der Waals surface area (Å²) in [5.41, 5.74) is 3.38. The molecule has 2 aromatic rings. The van der Waals surface area contributed by atoms with Gasteiger partial charge in [0.15, 0.2) is 0 Å². The molecule has 2 aromatic carbocycles. The molecule has 0 heterocycles. The average molecular weight is 398 g/mol. The first kappa shape index (κ1) is 22.3. The number of halogens is 1. The van der Waals surface area contributed by atoms with E-state index < -0.39 is 5.97 Å². The van der Waals surface area contributed by atoms with Crippen LogP contribution >= 0.6 is 0 Å². The van der Waals surface area contributed by atoms with Gasteiger partial charge in [-0.3, -0.25) is 4.79 Å². The smallest absolute Gasteiger partial charge is 0.333 e. The largest absolute Gasteiger partial charge is 0.465 e. The summed E-state index contributed by atoms with van der Waals surface area (Å²) in [7, 11) is 0. The van der Waals surface area contributed by atoms with Gasteiger partial charge in [-0.15, -0.1) is 0 Å². The van der Waals surface area contributed by atoms with Crippen LogP contribution in [0.2, 0.25) is 0 Å². The Morgan fingerprint density at radius 2 is 1.55 bits per heavy atom. The molecule has 0 aromatic heterocycles. The van der Waals surface area contributed by atoms with Crippen LogP contribution in [0, 0.1) is 11.7 Å². The fourth-order valence-electron chi connectivity index (χ4n) is 2.62. The Balaban J connectivity index is 1.93. The zero-order chi connectivity index (χ0) is 21.4. The minimum Gasteiger partial charge on any atom is -0.465 e. The van der Waals surface area contributed by atoms with Crippen LogP contribution < -0.4 is 0 Å². The van der Waals surface area contributed by atoms with Gasteiger partial charge in [-0.1, -0.05) is 56.8 Å². The van der Waals surface area contributed by atoms with Gasteiger partial charge >= 0.3 is 11.9 Å². The van der Waals surface area contributed by atoms with Crippen LogP contribution in [0.1, 0.15) is 31.9 Å². The Kier molecular flexibility index (Phi) is 8.13. The Bertz CT molecular complexity index is 869. The highest BCUT2D eigenvalue weighted by atomic mass is 19.1. The van der Waals surface area contributed by atoms with E-state index in [0.29, 0.717) is 30.6 Å². The predicted molar refractivity (Wildman–Crippen MR) is 111 cm³/mol. The Morgan fingerprint density at radius 3 is 2.14 bits per heavy atom. The van der Waals surface area contributed by atoms with Crippen molar-refractivity contribution in [1.29, 1.82) is 0 Å². The van der Waals surface area contributed by atoms with Gasteiger partial charge in [0.25, 0.3) is 0 Å². The molecule has 0 N–H and O–H groups in total. The molecule has 0 aliphatic carbocycles. The van der Waals surface area contributed by atoms with Crippen LogP contribution in [0.3, 0.4) is 0 Å². The van der Waals surface area contributed by atoms with E-state index in [0.717, 1.165) is 16.7 Å². The molecule has 0 aliphatic rings. The molecule has 0 atom stereocenters. The van der Waals surface area contributed by atoms with E-state index in [1.807, 2.05) is 30.3 Å². The monoisotopic (exact) mass is 398 g/mol. The van der Waals surface area contributed by atoms with Crippen molar-refractivity contribution in [3.05, 3.63) is 71.6 Å². The summed E-state index contributed by atoms with van der Waals surface area (Å²) in [5.74, 6) is -1.12. The lowest BCUT2D eigenvalue weighted by molar-refractivity contribution is -0.147. The third-order valence-electron chi connectivity index (χ3n) is 4.38. The van der Waals surface area contributed by atoms with Crippen molar-refractivity contribution in [2.24, 2.45) is 5.92 Å². The number of ether oxygens (including phenoxy) is 2. The Labute approximate surface area is 171 Å². The second kappa shape index (κ2) is 10.6. The lowest BCUT2D eigenvalue weighted by atomic mass is 10.0. The molecule has 0 amide bonds. The van der Waals surface area contributed by atoms with Crippen LogP contribution in [0.4, 0.5) is 4.39 Å². The highest BCUT2D eigenvalue weighted by Gasteiger charge is 2.10. The molecule has 0 aliphatic heterocycles. The second-order valence-electron chi connectivity index (χ2n) is 7.25. The van der Waals surface area contributed by atoms with Crippen LogP contribution in [0.15, 0.2) is 54.6 Å². The second-order valence-corrected chi connectivity index (χ2v) is 7.25. The van der Waals surface area contributed by atoms with Gasteiger partial charge < -0.3 is 9.47 Å². The number of rotatable bonds is 9. The summed E-state index contributed by atoms with van der Waals surface area (Å²) in [6.07, 6.45) is 1.05. The molecule has 154 valence electrons. The summed E-state index contributed by atoms with van der Waals surface area (Å²) < 4.78 is 24.8. The molecular formula is C24H27FO4. The van der Waals surface area contributed by atoms with Gasteiger partial charge in [-0.2, -0.15) is 0 Å². The first-order chi connectivity index (χ1) is 13.8. The first-order valence-electron chi connectivity index (χ1n) is 9.65. The van der Waals surface area contributed by atoms with Gasteiger partial charge in [0.05, 0.1) is 19.1 Å². The Morgan fingerprint density at radius 1 is 0.966 bits per heavy atom. The number of esters is 2. The zero-order valence-corrected chi connectivity index (χ0v) is 17.2. The van der Waals surface area contributed by atoms with Gasteiger partial charge in [0.2, 0.25) is 0 Å². The Hall–Kier alpha value is -2.95. The molecular weight excluding hydrogens is 371 g/mol. The van der Waals surface area contributed by atoms with E-state index in [-0.39, 0.29) is 24.3 Å². The maximum Gasteiger partial charge on any atom is 0.333 e. The van der Waals surface area contributed by atoms with Gasteiger partial charge in [0, 0.05) is 24.0 Å². The van der Waals surface area contributed by atoms with E-state index in [9.17, 15) is 14.0 Å². The maximum absolute atomic E-state index is 14.5. The summed E-state index contributed by atoms with van der Waals surface area (Å²) in [6.45, 7) is 9.21. The molecule has 2 rings (SSSR count). The fourth-order valence-corrected chi connectivity index (χ4v) is 2.62. The van der Waals surface area contributed by atoms with E-state index in [2.05, 4.69) is 6.58 Å². The van der Waals surface area contributed by atoms with E-state index in [1.54, 1.807) is 26.8 Å². The molecule has 5 heteroatoms. The minimum atomic E-state index is -0.443. The van der Waals surface area contributed by atoms with E-state index in [4.69, 9.17) is 9.47 Å². The molecule has 29 heavy (non-hydrogen) atoms. The van der Waals surface area contributed by atoms with Crippen molar-refractivity contribution in [3.8, 4) is 11.1 Å². The number of carbonyl (C=O) groups excluding carboxylic acids is 2. The highest BCUT2D eigenvalue weighted by molar-refractivity contribution is 5.86. The molecule has 0 saturated carbocycles. The van der Waals surface area contributed by atoms with Gasteiger partial charge in [-0.05, 0) is 29.7 Å². The van der Waals surface area contributed by atoms with Crippen molar-refractivity contribution in [2.45, 2.75) is 33.6 Å². The molecule has 0 unspecified atom stereocenters. The lowest BCUT2D eigenvalue weighted by Crippen LogP contribution is -2.13. The standard InChI is InChI=1S/C24H27FO4/c1-16(2)23(26)28-13-11-18-5-8-20(9-6-18)21-10-7-19(15-22(21)25)12-14-29-24(27)17(3)4/h5-10,15-16H,3,11-14H2,1-2,4H3. The highest BCUT2D eigenvalue weighted by Crippen LogP contribution is 2.24. The normalized spacial score (nSPS) is 10.7. The van der Waals surface area contributed by atoms with E-state index in [1.165, 1.54) is 6.07 Å². The van der Waals surface area contributed by atoms with Gasteiger partial charge in [-0.25, -0.2) is 9.18 Å². The third-order valence-corrected chi connectivity index (χ3v) is 4.38. The number of carbonyl (C=O) groups is 2. The number of hydrogen-bond donors (Lipinski definition) is 0. The van der Waals surface area contributed by atoms with Crippen LogP contribution in [-0.2, 0) is 31.9 Å². The topological polar surface area (TPSA) is 52.6 Å². The van der Waals surface area contributed by atoms with Crippen LogP contribution in [0.5, 0.6) is 0 Å². The molecule has 0 fully saturated rings. The molecule has 0 radical (unpaired) electrons. The molecule has 0 spiro atoms. The molecule has 0 saturated heterocycles. The van der Waals surface area contributed by atoms with Gasteiger partial charge in [0.1, 0.15) is 5.82 Å². The van der Waals surface area contributed by atoms with Crippen LogP contribution in [-0.4, -0.2) is 25.2 Å². The number of hydrogen-bond acceptors (Lipinski definition) is 4. The van der Waals surface area contributed by atoms with Crippen molar-refractivity contribution < 1.29 is 23.5 Å². The lowest BCUT2D eigenvalue weighted by Gasteiger charge is -2.09. The SMILES string of the molecule is C=C(C)C(=O)OCCc1ccc(-c2ccc(CCOC(=O)C(C)C)cc2)c(F)c1. The summed E-state index contributed by atoms with van der Waals surface area (Å²) in [4.78, 5) is 22.8. The van der Waals surface area contributed by atoms with Crippen molar-refractivity contribution in [3.63, 3.8) is 0 Å². The predicted octanol–water partition coefficient (Wildman–Crippen LogP) is 4.90. The van der Waals surface area contributed by atoms with Crippen molar-refractivity contribution >= 4 is 11.9 Å². The van der Waals surface area contributed by atoms with Crippen molar-refractivity contribution in [2.75, 3.05) is 13.2 Å². The summed E-state index contributed by atoms with van der Waals surface area (Å²) in [6, 6.07) is 12.5. The zero-order valence-electron chi connectivity index (χ0n) is 17.2. The molecule has 4 nitrogen and oxygen atoms in total. The quantitative estimate of drug-likeness (QED) is 0.445. The maximum atomic E-state index is 14.5. The number of benzene rings is 2.